The first kappa shape index (κ1) is 15.9. The lowest BCUT2D eigenvalue weighted by atomic mass is 9.84. The Balaban J connectivity index is 2.20. The Labute approximate surface area is 127 Å². The number of aliphatic hydroxyl groups excluding tert-OH is 1. The number of aliphatic hydroxyl groups is 1. The van der Waals surface area contributed by atoms with Gasteiger partial charge in [0.2, 0.25) is 0 Å². The number of piperidine rings is 1. The van der Waals surface area contributed by atoms with Gasteiger partial charge in [0.15, 0.2) is 0 Å². The second-order valence-electron chi connectivity index (χ2n) is 6.46. The van der Waals surface area contributed by atoms with Crippen molar-refractivity contribution in [3.8, 4) is 17.6 Å². The van der Waals surface area contributed by atoms with E-state index in [9.17, 15) is 0 Å². The highest BCUT2D eigenvalue weighted by atomic mass is 16.5. The molecule has 1 aliphatic heterocycles. The zero-order valence-electron chi connectivity index (χ0n) is 13.3. The van der Waals surface area contributed by atoms with Crippen molar-refractivity contribution in [2.75, 3.05) is 26.8 Å². The van der Waals surface area contributed by atoms with E-state index in [1.807, 2.05) is 12.1 Å². The first-order valence-electron chi connectivity index (χ1n) is 7.53. The van der Waals surface area contributed by atoms with Crippen molar-refractivity contribution in [3.63, 3.8) is 0 Å². The lowest BCUT2D eigenvalue weighted by molar-refractivity contribution is 0.111. The normalized spacial score (nSPS) is 17.9. The fourth-order valence-electron chi connectivity index (χ4n) is 3.01. The van der Waals surface area contributed by atoms with Crippen LogP contribution in [0.2, 0.25) is 0 Å². The van der Waals surface area contributed by atoms with E-state index in [0.717, 1.165) is 30.9 Å². The van der Waals surface area contributed by atoms with E-state index in [2.05, 4.69) is 36.7 Å². The molecular weight excluding hydrogens is 262 g/mol. The average molecular weight is 287 g/mol. The molecule has 3 nitrogen and oxygen atoms in total. The summed E-state index contributed by atoms with van der Waals surface area (Å²) in [5.74, 6) is 6.64. The van der Waals surface area contributed by atoms with Crippen LogP contribution >= 0.6 is 0 Å². The van der Waals surface area contributed by atoms with Crippen molar-refractivity contribution >= 4 is 0 Å². The lowest BCUT2D eigenvalue weighted by Gasteiger charge is -2.38. The summed E-state index contributed by atoms with van der Waals surface area (Å²) in [6.45, 7) is 7.68. The van der Waals surface area contributed by atoms with Crippen LogP contribution in [0.5, 0.6) is 5.75 Å². The van der Waals surface area contributed by atoms with Crippen LogP contribution in [0, 0.1) is 17.3 Å². The largest absolute Gasteiger partial charge is 0.497 e. The summed E-state index contributed by atoms with van der Waals surface area (Å²) < 4.78 is 5.33. The Morgan fingerprint density at radius 3 is 2.86 bits per heavy atom. The maximum absolute atomic E-state index is 8.90. The minimum absolute atomic E-state index is 0.109. The first-order chi connectivity index (χ1) is 10.0. The highest BCUT2D eigenvalue weighted by Gasteiger charge is 2.26. The van der Waals surface area contributed by atoms with E-state index in [4.69, 9.17) is 9.84 Å². The summed E-state index contributed by atoms with van der Waals surface area (Å²) in [5, 5.41) is 8.90. The number of hydrogen-bond donors (Lipinski definition) is 1. The summed E-state index contributed by atoms with van der Waals surface area (Å²) in [5.41, 5.74) is 2.54. The Hall–Kier alpha value is -1.50. The summed E-state index contributed by atoms with van der Waals surface area (Å²) in [7, 11) is 1.68. The van der Waals surface area contributed by atoms with E-state index in [-0.39, 0.29) is 6.61 Å². The number of likely N-dealkylation sites (tertiary alicyclic amines) is 1. The highest BCUT2D eigenvalue weighted by Crippen LogP contribution is 2.30. The molecule has 1 aromatic carbocycles. The molecule has 0 bridgehead atoms. The van der Waals surface area contributed by atoms with Gasteiger partial charge in [-0.15, -0.1) is 0 Å². The fraction of sp³-hybridized carbons (Fsp3) is 0.556. The third-order valence-corrected chi connectivity index (χ3v) is 3.99. The zero-order chi connectivity index (χ0) is 15.3. The van der Waals surface area contributed by atoms with Crippen LogP contribution < -0.4 is 4.74 Å². The molecule has 2 rings (SSSR count). The number of nitrogens with zero attached hydrogens (tertiary/aromatic N) is 1. The Morgan fingerprint density at radius 2 is 2.19 bits per heavy atom. The van der Waals surface area contributed by atoms with Crippen LogP contribution in [0.15, 0.2) is 18.2 Å². The molecule has 21 heavy (non-hydrogen) atoms. The molecule has 0 amide bonds. The van der Waals surface area contributed by atoms with Gasteiger partial charge in [-0.25, -0.2) is 0 Å². The molecule has 0 unspecified atom stereocenters. The van der Waals surface area contributed by atoms with Crippen LogP contribution in [0.25, 0.3) is 0 Å². The van der Waals surface area contributed by atoms with Crippen LogP contribution in [-0.2, 0) is 6.54 Å². The van der Waals surface area contributed by atoms with Crippen molar-refractivity contribution in [2.24, 2.45) is 5.41 Å². The van der Waals surface area contributed by atoms with Crippen molar-refractivity contribution in [1.82, 2.24) is 4.90 Å². The fourth-order valence-corrected chi connectivity index (χ4v) is 3.01. The molecule has 0 aromatic heterocycles. The van der Waals surface area contributed by atoms with Crippen LogP contribution in [-0.4, -0.2) is 36.8 Å². The van der Waals surface area contributed by atoms with E-state index >= 15 is 0 Å². The molecule has 1 N–H and O–H groups in total. The molecule has 1 fully saturated rings. The van der Waals surface area contributed by atoms with Gasteiger partial charge in [-0.1, -0.05) is 25.7 Å². The van der Waals surface area contributed by atoms with Crippen LogP contribution in [0.4, 0.5) is 0 Å². The van der Waals surface area contributed by atoms with Crippen LogP contribution in [0.3, 0.4) is 0 Å². The molecule has 3 heteroatoms. The molecule has 1 aromatic rings. The van der Waals surface area contributed by atoms with Crippen molar-refractivity contribution < 1.29 is 9.84 Å². The van der Waals surface area contributed by atoms with E-state index in [1.54, 1.807) is 7.11 Å². The summed E-state index contributed by atoms with van der Waals surface area (Å²) in [6, 6.07) is 5.96. The summed E-state index contributed by atoms with van der Waals surface area (Å²) >= 11 is 0. The molecule has 1 aliphatic rings. The predicted octanol–water partition coefficient (Wildman–Crippen LogP) is 2.66. The van der Waals surface area contributed by atoms with Gasteiger partial charge in [-0.2, -0.15) is 0 Å². The summed E-state index contributed by atoms with van der Waals surface area (Å²) in [4.78, 5) is 2.49. The molecule has 0 saturated carbocycles. The Morgan fingerprint density at radius 1 is 1.38 bits per heavy atom. The van der Waals surface area contributed by atoms with Gasteiger partial charge in [0.25, 0.3) is 0 Å². The molecule has 114 valence electrons. The second kappa shape index (κ2) is 6.98. The molecular formula is C18H25NO2. The Bertz CT molecular complexity index is 540. The van der Waals surface area contributed by atoms with E-state index in [0.29, 0.717) is 5.41 Å². The van der Waals surface area contributed by atoms with Crippen molar-refractivity contribution in [3.05, 3.63) is 29.3 Å². The minimum atomic E-state index is -0.109. The topological polar surface area (TPSA) is 32.7 Å². The average Bonchev–Trinajstić information content (AvgIpc) is 2.45. The lowest BCUT2D eigenvalue weighted by Crippen LogP contribution is -2.39. The molecule has 0 radical (unpaired) electrons. The number of benzene rings is 1. The molecule has 0 atom stereocenters. The van der Waals surface area contributed by atoms with Crippen LogP contribution in [0.1, 0.15) is 37.8 Å². The van der Waals surface area contributed by atoms with Crippen molar-refractivity contribution in [1.29, 1.82) is 0 Å². The summed E-state index contributed by atoms with van der Waals surface area (Å²) in [6.07, 6.45) is 2.54. The number of hydrogen-bond acceptors (Lipinski definition) is 3. The molecule has 1 heterocycles. The standard InChI is InChI=1S/C18H25NO2/c1-18(2)9-5-10-19(14-18)13-16-12-17(21-3)8-7-15(16)6-4-11-20/h7-8,12,20H,5,9-11,13-14H2,1-3H3. The maximum Gasteiger partial charge on any atom is 0.119 e. The zero-order valence-corrected chi connectivity index (χ0v) is 13.3. The molecule has 0 spiro atoms. The van der Waals surface area contributed by atoms with E-state index in [1.165, 1.54) is 18.4 Å². The second-order valence-corrected chi connectivity index (χ2v) is 6.46. The molecule has 0 aliphatic carbocycles. The molecule has 1 saturated heterocycles. The first-order valence-corrected chi connectivity index (χ1v) is 7.53. The quantitative estimate of drug-likeness (QED) is 0.868. The van der Waals surface area contributed by atoms with Crippen molar-refractivity contribution in [2.45, 2.75) is 33.2 Å². The number of ether oxygens (including phenoxy) is 1. The van der Waals surface area contributed by atoms with E-state index < -0.39 is 0 Å². The van der Waals surface area contributed by atoms with Gasteiger partial charge in [0.05, 0.1) is 7.11 Å². The predicted molar refractivity (Wildman–Crippen MR) is 85.2 cm³/mol. The number of methoxy groups -OCH3 is 1. The SMILES string of the molecule is COc1ccc(C#CCO)c(CN2CCCC(C)(C)C2)c1. The van der Waals surface area contributed by atoms with Gasteiger partial charge < -0.3 is 9.84 Å². The monoisotopic (exact) mass is 287 g/mol. The third kappa shape index (κ3) is 4.49. The number of rotatable bonds is 3. The third-order valence-electron chi connectivity index (χ3n) is 3.99. The smallest absolute Gasteiger partial charge is 0.119 e. The van der Waals surface area contributed by atoms with Gasteiger partial charge in [-0.05, 0) is 48.6 Å². The minimum Gasteiger partial charge on any atom is -0.497 e. The Kier molecular flexibility index (Phi) is 5.27. The highest BCUT2D eigenvalue weighted by molar-refractivity contribution is 5.45. The van der Waals surface area contributed by atoms with Gasteiger partial charge in [0.1, 0.15) is 12.4 Å². The van der Waals surface area contributed by atoms with Gasteiger partial charge >= 0.3 is 0 Å². The van der Waals surface area contributed by atoms with Gasteiger partial charge in [0, 0.05) is 18.7 Å². The van der Waals surface area contributed by atoms with Gasteiger partial charge in [-0.3, -0.25) is 4.90 Å². The maximum atomic E-state index is 8.90.